The summed E-state index contributed by atoms with van der Waals surface area (Å²) in [6.07, 6.45) is 1.72. The molecule has 0 bridgehead atoms. The highest BCUT2D eigenvalue weighted by Gasteiger charge is 2.34. The van der Waals surface area contributed by atoms with Crippen LogP contribution in [0.1, 0.15) is 16.7 Å². The van der Waals surface area contributed by atoms with E-state index in [1.54, 1.807) is 25.3 Å². The molecule has 0 aromatic heterocycles. The van der Waals surface area contributed by atoms with Gasteiger partial charge in [0.1, 0.15) is 19.0 Å². The van der Waals surface area contributed by atoms with Crippen molar-refractivity contribution in [3.8, 4) is 17.2 Å². The Labute approximate surface area is 203 Å². The lowest BCUT2D eigenvalue weighted by atomic mass is 10.1. The molecule has 34 heavy (non-hydrogen) atoms. The van der Waals surface area contributed by atoms with Crippen molar-refractivity contribution in [2.75, 3.05) is 20.3 Å². The van der Waals surface area contributed by atoms with Crippen LogP contribution in [0.4, 0.5) is 4.79 Å². The van der Waals surface area contributed by atoms with E-state index in [2.05, 4.69) is 6.07 Å². The summed E-state index contributed by atoms with van der Waals surface area (Å²) in [7, 11) is 1.56. The van der Waals surface area contributed by atoms with Crippen molar-refractivity contribution >= 4 is 29.0 Å². The highest BCUT2D eigenvalue weighted by atomic mass is 32.2. The zero-order valence-corrected chi connectivity index (χ0v) is 19.8. The van der Waals surface area contributed by atoms with E-state index >= 15 is 0 Å². The van der Waals surface area contributed by atoms with E-state index in [0.29, 0.717) is 23.0 Å². The zero-order valence-electron chi connectivity index (χ0n) is 19.0. The summed E-state index contributed by atoms with van der Waals surface area (Å²) in [6.45, 7) is 2.87. The van der Waals surface area contributed by atoms with Crippen LogP contribution in [0.15, 0.2) is 77.7 Å². The first kappa shape index (κ1) is 23.4. The van der Waals surface area contributed by atoms with E-state index in [-0.39, 0.29) is 24.3 Å². The van der Waals surface area contributed by atoms with Gasteiger partial charge in [-0.15, -0.1) is 0 Å². The number of amides is 2. The van der Waals surface area contributed by atoms with Gasteiger partial charge in [-0.3, -0.25) is 14.5 Å². The maximum absolute atomic E-state index is 12.8. The Balaban J connectivity index is 1.33. The Bertz CT molecular complexity index is 1210. The molecule has 3 aromatic carbocycles. The number of aryl methyl sites for hydroxylation is 1. The Morgan fingerprint density at radius 3 is 2.41 bits per heavy atom. The van der Waals surface area contributed by atoms with Crippen molar-refractivity contribution in [3.05, 3.63) is 94.4 Å². The number of thioether (sulfide) groups is 1. The quantitative estimate of drug-likeness (QED) is 0.370. The molecule has 0 atom stereocenters. The number of carbonyl (C=O) groups excluding carboxylic acids is 2. The number of methoxy groups -OCH3 is 1. The third-order valence-electron chi connectivity index (χ3n) is 5.18. The van der Waals surface area contributed by atoms with Gasteiger partial charge in [0.2, 0.25) is 0 Å². The summed E-state index contributed by atoms with van der Waals surface area (Å²) in [4.78, 5) is 26.7. The first-order valence-corrected chi connectivity index (χ1v) is 11.6. The predicted octanol–water partition coefficient (Wildman–Crippen LogP) is 5.70. The molecule has 2 amide bonds. The number of rotatable bonds is 9. The van der Waals surface area contributed by atoms with Gasteiger partial charge in [-0.05, 0) is 60.2 Å². The van der Waals surface area contributed by atoms with Crippen molar-refractivity contribution in [2.24, 2.45) is 0 Å². The Kier molecular flexibility index (Phi) is 7.54. The molecule has 0 N–H and O–H groups in total. The number of nitrogens with zero attached hydrogens (tertiary/aromatic N) is 1. The number of imide groups is 1. The van der Waals surface area contributed by atoms with Gasteiger partial charge < -0.3 is 14.2 Å². The second-order valence-electron chi connectivity index (χ2n) is 7.68. The van der Waals surface area contributed by atoms with Crippen LogP contribution in [0.5, 0.6) is 17.2 Å². The van der Waals surface area contributed by atoms with E-state index in [4.69, 9.17) is 14.2 Å². The molecule has 6 nitrogen and oxygen atoms in total. The van der Waals surface area contributed by atoms with Gasteiger partial charge in [-0.25, -0.2) is 0 Å². The fourth-order valence-electron chi connectivity index (χ4n) is 3.46. The molecule has 0 spiro atoms. The molecule has 0 aliphatic carbocycles. The Hall–Kier alpha value is -3.71. The van der Waals surface area contributed by atoms with Crippen molar-refractivity contribution in [3.63, 3.8) is 0 Å². The Morgan fingerprint density at radius 1 is 0.912 bits per heavy atom. The SMILES string of the molecule is COc1ccccc1OCCN1C(=O)S/C(=C\c2ccc(OCc3cccc(C)c3)cc2)C1=O. The Morgan fingerprint density at radius 2 is 1.68 bits per heavy atom. The molecule has 1 aliphatic rings. The normalized spacial score (nSPS) is 14.5. The summed E-state index contributed by atoms with van der Waals surface area (Å²) in [5.41, 5.74) is 3.11. The molecule has 0 saturated carbocycles. The highest BCUT2D eigenvalue weighted by molar-refractivity contribution is 8.18. The maximum Gasteiger partial charge on any atom is 0.293 e. The van der Waals surface area contributed by atoms with Gasteiger partial charge in [0.05, 0.1) is 18.6 Å². The number of ether oxygens (including phenoxy) is 3. The molecule has 1 heterocycles. The molecule has 7 heteroatoms. The number of benzene rings is 3. The fourth-order valence-corrected chi connectivity index (χ4v) is 4.32. The fraction of sp³-hybridized carbons (Fsp3) is 0.185. The van der Waals surface area contributed by atoms with E-state index in [9.17, 15) is 9.59 Å². The van der Waals surface area contributed by atoms with E-state index in [0.717, 1.165) is 28.6 Å². The van der Waals surface area contributed by atoms with Crippen LogP contribution in [-0.2, 0) is 11.4 Å². The van der Waals surface area contributed by atoms with Crippen LogP contribution < -0.4 is 14.2 Å². The van der Waals surface area contributed by atoms with Crippen LogP contribution in [0.25, 0.3) is 6.08 Å². The molecule has 4 rings (SSSR count). The molecule has 1 aliphatic heterocycles. The first-order chi connectivity index (χ1) is 16.5. The minimum absolute atomic E-state index is 0.159. The van der Waals surface area contributed by atoms with Gasteiger partial charge in [0, 0.05) is 0 Å². The lowest BCUT2D eigenvalue weighted by Gasteiger charge is -2.14. The van der Waals surface area contributed by atoms with Crippen LogP contribution in [0.2, 0.25) is 0 Å². The highest BCUT2D eigenvalue weighted by Crippen LogP contribution is 2.32. The van der Waals surface area contributed by atoms with E-state index in [1.165, 1.54) is 10.5 Å². The summed E-state index contributed by atoms with van der Waals surface area (Å²) >= 11 is 0.931. The summed E-state index contributed by atoms with van der Waals surface area (Å²) in [5.74, 6) is 1.58. The standard InChI is InChI=1S/C27H25NO5S/c1-19-6-5-7-21(16-19)18-33-22-12-10-20(11-13-22)17-25-26(29)28(27(30)34-25)14-15-32-24-9-4-3-8-23(24)31-2/h3-13,16-17H,14-15,18H2,1-2H3/b25-17-. The molecule has 1 fully saturated rings. The van der Waals surface area contributed by atoms with Gasteiger partial charge >= 0.3 is 0 Å². The summed E-state index contributed by atoms with van der Waals surface area (Å²) in [6, 6.07) is 22.9. The van der Waals surface area contributed by atoms with Gasteiger partial charge in [-0.2, -0.15) is 0 Å². The second-order valence-corrected chi connectivity index (χ2v) is 8.67. The molecule has 0 radical (unpaired) electrons. The molecular formula is C27H25NO5S. The van der Waals surface area contributed by atoms with Crippen LogP contribution >= 0.6 is 11.8 Å². The monoisotopic (exact) mass is 475 g/mol. The van der Waals surface area contributed by atoms with Crippen molar-refractivity contribution in [2.45, 2.75) is 13.5 Å². The topological polar surface area (TPSA) is 65.1 Å². The number of para-hydroxylation sites is 2. The molecule has 174 valence electrons. The van der Waals surface area contributed by atoms with Crippen molar-refractivity contribution in [1.29, 1.82) is 0 Å². The van der Waals surface area contributed by atoms with Crippen LogP contribution in [0, 0.1) is 6.92 Å². The van der Waals surface area contributed by atoms with E-state index in [1.807, 2.05) is 61.5 Å². The number of carbonyl (C=O) groups is 2. The molecule has 3 aromatic rings. The van der Waals surface area contributed by atoms with Gasteiger partial charge in [0.15, 0.2) is 11.5 Å². The third-order valence-corrected chi connectivity index (χ3v) is 6.09. The van der Waals surface area contributed by atoms with Crippen LogP contribution in [-0.4, -0.2) is 36.3 Å². The predicted molar refractivity (Wildman–Crippen MR) is 133 cm³/mol. The lowest BCUT2D eigenvalue weighted by molar-refractivity contribution is -0.123. The van der Waals surface area contributed by atoms with Crippen molar-refractivity contribution in [1.82, 2.24) is 4.90 Å². The smallest absolute Gasteiger partial charge is 0.293 e. The molecular weight excluding hydrogens is 450 g/mol. The average Bonchev–Trinajstić information content (AvgIpc) is 3.11. The van der Waals surface area contributed by atoms with Crippen molar-refractivity contribution < 1.29 is 23.8 Å². The minimum atomic E-state index is -0.321. The maximum atomic E-state index is 12.8. The summed E-state index contributed by atoms with van der Waals surface area (Å²) in [5, 5.41) is -0.307. The number of hydrogen-bond acceptors (Lipinski definition) is 6. The largest absolute Gasteiger partial charge is 0.493 e. The molecule has 1 saturated heterocycles. The minimum Gasteiger partial charge on any atom is -0.493 e. The third kappa shape index (κ3) is 5.80. The number of hydrogen-bond donors (Lipinski definition) is 0. The first-order valence-electron chi connectivity index (χ1n) is 10.8. The lowest BCUT2D eigenvalue weighted by Crippen LogP contribution is -2.32. The van der Waals surface area contributed by atoms with Gasteiger partial charge in [0.25, 0.3) is 11.1 Å². The van der Waals surface area contributed by atoms with Gasteiger partial charge in [-0.1, -0.05) is 54.1 Å². The second kappa shape index (κ2) is 10.9. The van der Waals surface area contributed by atoms with E-state index < -0.39 is 0 Å². The summed E-state index contributed by atoms with van der Waals surface area (Å²) < 4.78 is 16.8. The zero-order chi connectivity index (χ0) is 23.9. The van der Waals surface area contributed by atoms with Crippen LogP contribution in [0.3, 0.4) is 0 Å². The average molecular weight is 476 g/mol. The molecule has 0 unspecified atom stereocenters.